The number of hydroxylamine groups is 2. The van der Waals surface area contributed by atoms with E-state index in [1.165, 1.54) is 6.42 Å². The molecular weight excluding hydrogens is 344 g/mol. The van der Waals surface area contributed by atoms with Crippen molar-refractivity contribution in [3.63, 3.8) is 0 Å². The van der Waals surface area contributed by atoms with E-state index in [0.29, 0.717) is 25.0 Å². The number of rotatable bonds is 7. The molecule has 3 fully saturated rings. The zero-order valence-electron chi connectivity index (χ0n) is 16.0. The summed E-state index contributed by atoms with van der Waals surface area (Å²) < 4.78 is 5.84. The van der Waals surface area contributed by atoms with Crippen LogP contribution in [0.25, 0.3) is 0 Å². The predicted molar refractivity (Wildman–Crippen MR) is 102 cm³/mol. The lowest BCUT2D eigenvalue weighted by atomic mass is 10.0. The van der Waals surface area contributed by atoms with Crippen LogP contribution >= 0.6 is 0 Å². The van der Waals surface area contributed by atoms with Gasteiger partial charge in [0.1, 0.15) is 18.5 Å². The van der Waals surface area contributed by atoms with Crippen molar-refractivity contribution in [3.8, 4) is 5.75 Å². The molecule has 2 N–H and O–H groups in total. The van der Waals surface area contributed by atoms with Crippen molar-refractivity contribution in [1.29, 1.82) is 0 Å². The van der Waals surface area contributed by atoms with Crippen molar-refractivity contribution in [3.05, 3.63) is 29.8 Å². The maximum Gasteiger partial charge on any atom is 0.119 e. The SMILES string of the molecule is OC1C[C@@H]2CN(CC(O)COc3cccc(CN4CCCCO4)c3)C[C@@H]2C1. The Morgan fingerprint density at radius 2 is 2.00 bits per heavy atom. The van der Waals surface area contributed by atoms with Gasteiger partial charge < -0.3 is 19.8 Å². The number of aliphatic hydroxyl groups excluding tert-OH is 2. The molecule has 6 nitrogen and oxygen atoms in total. The van der Waals surface area contributed by atoms with Gasteiger partial charge in [-0.1, -0.05) is 12.1 Å². The van der Waals surface area contributed by atoms with Gasteiger partial charge in [0.2, 0.25) is 0 Å². The molecule has 2 aliphatic heterocycles. The summed E-state index contributed by atoms with van der Waals surface area (Å²) in [5.74, 6) is 1.99. The number of fused-ring (bicyclic) bond motifs is 1. The summed E-state index contributed by atoms with van der Waals surface area (Å²) in [6.07, 6.45) is 3.54. The number of nitrogens with zero attached hydrogens (tertiary/aromatic N) is 2. The number of aliphatic hydroxyl groups is 2. The van der Waals surface area contributed by atoms with Gasteiger partial charge in [0.05, 0.1) is 12.7 Å². The lowest BCUT2D eigenvalue weighted by Crippen LogP contribution is -2.35. The molecule has 1 saturated carbocycles. The van der Waals surface area contributed by atoms with E-state index in [4.69, 9.17) is 9.57 Å². The van der Waals surface area contributed by atoms with Crippen LogP contribution in [0.3, 0.4) is 0 Å². The molecule has 4 rings (SSSR count). The van der Waals surface area contributed by atoms with Crippen LogP contribution in [0.15, 0.2) is 24.3 Å². The summed E-state index contributed by atoms with van der Waals surface area (Å²) in [5.41, 5.74) is 1.16. The molecule has 0 amide bonds. The van der Waals surface area contributed by atoms with Gasteiger partial charge in [0, 0.05) is 32.7 Å². The van der Waals surface area contributed by atoms with E-state index in [-0.39, 0.29) is 6.10 Å². The molecular formula is C21H32N2O4. The predicted octanol–water partition coefficient (Wildman–Crippen LogP) is 1.66. The van der Waals surface area contributed by atoms with E-state index < -0.39 is 6.10 Å². The molecule has 6 heteroatoms. The molecule has 1 aliphatic carbocycles. The minimum absolute atomic E-state index is 0.113. The highest BCUT2D eigenvalue weighted by Crippen LogP contribution is 2.37. The van der Waals surface area contributed by atoms with E-state index in [9.17, 15) is 10.2 Å². The third-order valence-corrected chi connectivity index (χ3v) is 6.05. The van der Waals surface area contributed by atoms with Gasteiger partial charge in [-0.15, -0.1) is 0 Å². The highest BCUT2D eigenvalue weighted by Gasteiger charge is 2.40. The van der Waals surface area contributed by atoms with Crippen molar-refractivity contribution >= 4 is 0 Å². The molecule has 27 heavy (non-hydrogen) atoms. The summed E-state index contributed by atoms with van der Waals surface area (Å²) in [6, 6.07) is 8.05. The van der Waals surface area contributed by atoms with Crippen LogP contribution in [0.2, 0.25) is 0 Å². The minimum atomic E-state index is -0.497. The van der Waals surface area contributed by atoms with Crippen LogP contribution in [-0.4, -0.2) is 71.8 Å². The van der Waals surface area contributed by atoms with Crippen molar-refractivity contribution in [2.24, 2.45) is 11.8 Å². The van der Waals surface area contributed by atoms with Crippen LogP contribution < -0.4 is 4.74 Å². The second kappa shape index (κ2) is 8.88. The molecule has 0 radical (unpaired) electrons. The Morgan fingerprint density at radius 1 is 1.19 bits per heavy atom. The highest BCUT2D eigenvalue weighted by molar-refractivity contribution is 5.28. The maximum absolute atomic E-state index is 10.4. The number of ether oxygens (including phenoxy) is 1. The Labute approximate surface area is 161 Å². The first kappa shape index (κ1) is 19.2. The third kappa shape index (κ3) is 5.21. The molecule has 1 aromatic carbocycles. The lowest BCUT2D eigenvalue weighted by molar-refractivity contribution is -0.187. The number of β-amino-alcohol motifs (C(OH)–C–C–N with tert-alkyl or cyclic N) is 1. The van der Waals surface area contributed by atoms with Crippen molar-refractivity contribution < 1.29 is 19.8 Å². The first-order chi connectivity index (χ1) is 13.2. The van der Waals surface area contributed by atoms with Crippen LogP contribution in [0.5, 0.6) is 5.75 Å². The monoisotopic (exact) mass is 376 g/mol. The smallest absolute Gasteiger partial charge is 0.119 e. The average Bonchev–Trinajstić information content (AvgIpc) is 3.18. The Morgan fingerprint density at radius 3 is 2.74 bits per heavy atom. The molecule has 1 aromatic rings. The first-order valence-electron chi connectivity index (χ1n) is 10.3. The summed E-state index contributed by atoms with van der Waals surface area (Å²) in [4.78, 5) is 7.98. The van der Waals surface area contributed by atoms with Crippen LogP contribution in [0, 0.1) is 11.8 Å². The van der Waals surface area contributed by atoms with Gasteiger partial charge in [0.15, 0.2) is 0 Å². The zero-order valence-corrected chi connectivity index (χ0v) is 16.0. The van der Waals surface area contributed by atoms with E-state index in [1.807, 2.05) is 23.3 Å². The number of hydrogen-bond acceptors (Lipinski definition) is 6. The molecule has 0 spiro atoms. The summed E-state index contributed by atoms with van der Waals surface area (Å²) in [6.45, 7) is 5.47. The van der Waals surface area contributed by atoms with Gasteiger partial charge in [-0.2, -0.15) is 5.06 Å². The van der Waals surface area contributed by atoms with Crippen molar-refractivity contribution in [2.75, 3.05) is 39.4 Å². The second-order valence-electron chi connectivity index (χ2n) is 8.38. The Hall–Kier alpha value is -1.18. The number of likely N-dealkylation sites (tertiary alicyclic amines) is 1. The Kier molecular flexibility index (Phi) is 6.30. The first-order valence-corrected chi connectivity index (χ1v) is 10.3. The van der Waals surface area contributed by atoms with Crippen molar-refractivity contribution in [2.45, 2.75) is 44.4 Å². The standard InChI is InChI=1S/C21H32N2O4/c24-19-9-17-12-22(13-18(17)10-19)14-20(25)15-26-21-5-3-4-16(8-21)11-23-6-1-2-7-27-23/h3-5,8,17-20,24-25H,1-2,6-7,9-15H2/t17-,18+,19?,20?. The molecule has 2 saturated heterocycles. The van der Waals surface area contributed by atoms with E-state index >= 15 is 0 Å². The summed E-state index contributed by atoms with van der Waals surface area (Å²) >= 11 is 0. The van der Waals surface area contributed by atoms with Gasteiger partial charge in [0.25, 0.3) is 0 Å². The Bertz CT molecular complexity index is 594. The average molecular weight is 376 g/mol. The van der Waals surface area contributed by atoms with Crippen molar-refractivity contribution in [1.82, 2.24) is 9.96 Å². The fraction of sp³-hybridized carbons (Fsp3) is 0.714. The third-order valence-electron chi connectivity index (χ3n) is 6.05. The molecule has 4 atom stereocenters. The topological polar surface area (TPSA) is 65.4 Å². The second-order valence-corrected chi connectivity index (χ2v) is 8.38. The van der Waals surface area contributed by atoms with E-state index in [1.54, 1.807) is 0 Å². The minimum Gasteiger partial charge on any atom is -0.491 e. The highest BCUT2D eigenvalue weighted by atomic mass is 16.7. The van der Waals surface area contributed by atoms with Crippen LogP contribution in [0.1, 0.15) is 31.2 Å². The lowest BCUT2D eigenvalue weighted by Gasteiger charge is -2.26. The molecule has 150 valence electrons. The maximum atomic E-state index is 10.4. The fourth-order valence-electron chi connectivity index (χ4n) is 4.77. The molecule has 2 unspecified atom stereocenters. The summed E-state index contributed by atoms with van der Waals surface area (Å²) in [7, 11) is 0. The molecule has 0 aromatic heterocycles. The molecule has 3 aliphatic rings. The summed E-state index contributed by atoms with van der Waals surface area (Å²) in [5, 5.41) is 22.1. The molecule has 0 bridgehead atoms. The van der Waals surface area contributed by atoms with Gasteiger partial charge in [-0.05, 0) is 55.2 Å². The van der Waals surface area contributed by atoms with Gasteiger partial charge >= 0.3 is 0 Å². The normalized spacial score (nSPS) is 30.4. The quantitative estimate of drug-likeness (QED) is 0.755. The zero-order chi connectivity index (χ0) is 18.6. The van der Waals surface area contributed by atoms with Gasteiger partial charge in [-0.3, -0.25) is 4.84 Å². The van der Waals surface area contributed by atoms with Gasteiger partial charge in [-0.25, -0.2) is 0 Å². The van der Waals surface area contributed by atoms with Crippen LogP contribution in [-0.2, 0) is 11.4 Å². The fourth-order valence-corrected chi connectivity index (χ4v) is 4.77. The van der Waals surface area contributed by atoms with Crippen LogP contribution in [0.4, 0.5) is 0 Å². The Balaban J connectivity index is 1.21. The van der Waals surface area contributed by atoms with E-state index in [2.05, 4.69) is 11.0 Å². The van der Waals surface area contributed by atoms with E-state index in [0.717, 1.165) is 63.4 Å². The number of benzene rings is 1. The molecule has 2 heterocycles. The number of hydrogen-bond donors (Lipinski definition) is 2. The largest absolute Gasteiger partial charge is 0.491 e.